The molecule has 28 heavy (non-hydrogen) atoms. The molecule has 158 valence electrons. The second kappa shape index (κ2) is 12.7. The van der Waals surface area contributed by atoms with Crippen molar-refractivity contribution in [3.8, 4) is 5.75 Å². The lowest BCUT2D eigenvalue weighted by Gasteiger charge is -2.32. The van der Waals surface area contributed by atoms with E-state index in [9.17, 15) is 18.7 Å². The summed E-state index contributed by atoms with van der Waals surface area (Å²) in [7, 11) is 0. The van der Waals surface area contributed by atoms with E-state index in [0.717, 1.165) is 12.8 Å². The molecule has 0 saturated carbocycles. The van der Waals surface area contributed by atoms with Gasteiger partial charge in [0.2, 0.25) is 5.91 Å². The largest absolute Gasteiger partial charge is 0.508 e. The number of amides is 1. The maximum atomic E-state index is 12.4. The summed E-state index contributed by atoms with van der Waals surface area (Å²) in [5, 5.41) is 18.3. The Morgan fingerprint density at radius 1 is 1.29 bits per heavy atom. The summed E-state index contributed by atoms with van der Waals surface area (Å²) in [6.07, 6.45) is -0.811. The van der Waals surface area contributed by atoms with Gasteiger partial charge in [-0.3, -0.25) is 9.69 Å². The summed E-state index contributed by atoms with van der Waals surface area (Å²) in [6, 6.07) is 6.33. The smallest absolute Gasteiger partial charge is 0.251 e. The minimum absolute atomic E-state index is 0. The van der Waals surface area contributed by atoms with Crippen LogP contribution in [-0.4, -0.2) is 67.1 Å². The molecular weight excluding hydrogens is 483 g/mol. The third-order valence-corrected chi connectivity index (χ3v) is 4.20. The minimum Gasteiger partial charge on any atom is -0.508 e. The molecule has 1 amide bonds. The molecule has 0 aliphatic carbocycles. The Morgan fingerprint density at radius 2 is 1.93 bits per heavy atom. The summed E-state index contributed by atoms with van der Waals surface area (Å²) in [5.74, 6) is 0.388. The number of anilines is 1. The van der Waals surface area contributed by atoms with Crippen LogP contribution in [0.15, 0.2) is 29.3 Å². The fourth-order valence-electron chi connectivity index (χ4n) is 2.86. The number of guanidine groups is 1. The molecule has 1 heterocycles. The van der Waals surface area contributed by atoms with Crippen LogP contribution in [0.5, 0.6) is 5.75 Å². The van der Waals surface area contributed by atoms with E-state index in [1.165, 1.54) is 12.1 Å². The van der Waals surface area contributed by atoms with Crippen LogP contribution in [-0.2, 0) is 4.79 Å². The summed E-state index contributed by atoms with van der Waals surface area (Å²) < 4.78 is 24.9. The Labute approximate surface area is 181 Å². The van der Waals surface area contributed by atoms with E-state index in [0.29, 0.717) is 31.3 Å². The molecule has 1 saturated heterocycles. The van der Waals surface area contributed by atoms with Gasteiger partial charge in [0.25, 0.3) is 6.43 Å². The number of halogens is 3. The summed E-state index contributed by atoms with van der Waals surface area (Å²) in [6.45, 7) is 3.57. The molecule has 1 aliphatic heterocycles. The molecule has 7 nitrogen and oxygen atoms in total. The fraction of sp³-hybridized carbons (Fsp3) is 0.556. The van der Waals surface area contributed by atoms with Gasteiger partial charge in [-0.05, 0) is 44.0 Å². The summed E-state index contributed by atoms with van der Waals surface area (Å²) in [5.41, 5.74) is 0.581. The minimum atomic E-state index is -2.31. The molecule has 1 aliphatic rings. The highest BCUT2D eigenvalue weighted by molar-refractivity contribution is 14.0. The highest BCUT2D eigenvalue weighted by atomic mass is 127. The number of aromatic hydroxyl groups is 1. The average molecular weight is 511 g/mol. The molecular formula is C18H28F2IN5O2. The van der Waals surface area contributed by atoms with E-state index in [1.54, 1.807) is 17.0 Å². The van der Waals surface area contributed by atoms with Crippen molar-refractivity contribution in [3.05, 3.63) is 24.3 Å². The number of phenols is 1. The monoisotopic (exact) mass is 511 g/mol. The molecule has 0 radical (unpaired) electrons. The first-order chi connectivity index (χ1) is 13.0. The first-order valence-electron chi connectivity index (χ1n) is 9.10. The number of rotatable bonds is 7. The number of carbonyl (C=O) groups is 1. The SMILES string of the molecule is CCNC(=NCC(=O)Nc1ccc(O)cc1)NC1CCN(CC(F)F)CC1.I. The van der Waals surface area contributed by atoms with Crippen molar-refractivity contribution in [3.63, 3.8) is 0 Å². The molecule has 0 aromatic heterocycles. The zero-order valence-electron chi connectivity index (χ0n) is 15.8. The third kappa shape index (κ3) is 9.00. The number of likely N-dealkylation sites (tertiary alicyclic amines) is 1. The van der Waals surface area contributed by atoms with Gasteiger partial charge in [0.05, 0.1) is 6.54 Å². The third-order valence-electron chi connectivity index (χ3n) is 4.20. The van der Waals surface area contributed by atoms with Gasteiger partial charge in [0.1, 0.15) is 12.3 Å². The maximum Gasteiger partial charge on any atom is 0.251 e. The van der Waals surface area contributed by atoms with Crippen LogP contribution < -0.4 is 16.0 Å². The summed E-state index contributed by atoms with van der Waals surface area (Å²) >= 11 is 0. The van der Waals surface area contributed by atoms with Crippen LogP contribution in [0.4, 0.5) is 14.5 Å². The molecule has 0 bridgehead atoms. The lowest BCUT2D eigenvalue weighted by atomic mass is 10.1. The Hall–Kier alpha value is -1.69. The normalized spacial score (nSPS) is 15.8. The van der Waals surface area contributed by atoms with Crippen molar-refractivity contribution < 1.29 is 18.7 Å². The van der Waals surface area contributed by atoms with E-state index >= 15 is 0 Å². The van der Waals surface area contributed by atoms with Crippen molar-refractivity contribution in [1.29, 1.82) is 0 Å². The van der Waals surface area contributed by atoms with Crippen LogP contribution in [0.1, 0.15) is 19.8 Å². The molecule has 10 heteroatoms. The van der Waals surface area contributed by atoms with Crippen LogP contribution in [0.3, 0.4) is 0 Å². The predicted molar refractivity (Wildman–Crippen MR) is 117 cm³/mol. The van der Waals surface area contributed by atoms with E-state index in [-0.39, 0.29) is 54.8 Å². The Kier molecular flexibility index (Phi) is 11.0. The number of hydrogen-bond acceptors (Lipinski definition) is 4. The number of hydrogen-bond donors (Lipinski definition) is 4. The van der Waals surface area contributed by atoms with Gasteiger partial charge < -0.3 is 21.1 Å². The molecule has 1 aromatic rings. The fourth-order valence-corrected chi connectivity index (χ4v) is 2.86. The number of nitrogens with one attached hydrogen (secondary N) is 3. The Morgan fingerprint density at radius 3 is 2.50 bits per heavy atom. The van der Waals surface area contributed by atoms with Crippen LogP contribution in [0.2, 0.25) is 0 Å². The molecule has 1 fully saturated rings. The van der Waals surface area contributed by atoms with Gasteiger partial charge >= 0.3 is 0 Å². The molecule has 2 rings (SSSR count). The van der Waals surface area contributed by atoms with Crippen molar-refractivity contribution in [1.82, 2.24) is 15.5 Å². The molecule has 0 spiro atoms. The lowest BCUT2D eigenvalue weighted by Crippen LogP contribution is -2.49. The van der Waals surface area contributed by atoms with Gasteiger partial charge in [0, 0.05) is 31.4 Å². The number of phenolic OH excluding ortho intramolecular Hbond substituents is 1. The van der Waals surface area contributed by atoms with Crippen molar-refractivity contribution in [2.24, 2.45) is 4.99 Å². The van der Waals surface area contributed by atoms with Gasteiger partial charge in [-0.25, -0.2) is 13.8 Å². The Balaban J connectivity index is 0.00000392. The quantitative estimate of drug-likeness (QED) is 0.195. The lowest BCUT2D eigenvalue weighted by molar-refractivity contribution is -0.114. The number of nitrogens with zero attached hydrogens (tertiary/aromatic N) is 2. The van der Waals surface area contributed by atoms with Crippen molar-refractivity contribution in [2.45, 2.75) is 32.2 Å². The Bertz CT molecular complexity index is 623. The van der Waals surface area contributed by atoms with Gasteiger partial charge in [-0.2, -0.15) is 0 Å². The van der Waals surface area contributed by atoms with E-state index in [1.807, 2.05) is 6.92 Å². The number of piperidine rings is 1. The first-order valence-corrected chi connectivity index (χ1v) is 9.10. The molecule has 0 unspecified atom stereocenters. The number of aliphatic imine (C=N–C) groups is 1. The molecule has 4 N–H and O–H groups in total. The van der Waals surface area contributed by atoms with Gasteiger partial charge in [-0.1, -0.05) is 0 Å². The molecule has 1 aromatic carbocycles. The van der Waals surface area contributed by atoms with Crippen LogP contribution in [0.25, 0.3) is 0 Å². The van der Waals surface area contributed by atoms with E-state index in [2.05, 4.69) is 20.9 Å². The standard InChI is InChI=1S/C18H27F2N5O2.HI/c1-2-21-18(24-14-7-9-25(10-8-14)12-16(19)20)22-11-17(27)23-13-3-5-15(26)6-4-13;/h3-6,14,16,26H,2,7-12H2,1H3,(H,23,27)(H2,21,22,24);1H. The maximum absolute atomic E-state index is 12.4. The zero-order chi connectivity index (χ0) is 19.6. The van der Waals surface area contributed by atoms with Crippen molar-refractivity contribution >= 4 is 41.5 Å². The van der Waals surface area contributed by atoms with Gasteiger partial charge in [0.15, 0.2) is 5.96 Å². The second-order valence-corrected chi connectivity index (χ2v) is 6.40. The first kappa shape index (κ1) is 24.3. The number of alkyl halides is 2. The van der Waals surface area contributed by atoms with Gasteiger partial charge in [-0.15, -0.1) is 24.0 Å². The van der Waals surface area contributed by atoms with Crippen LogP contribution >= 0.6 is 24.0 Å². The number of benzene rings is 1. The molecule has 0 atom stereocenters. The highest BCUT2D eigenvalue weighted by Crippen LogP contribution is 2.14. The van der Waals surface area contributed by atoms with E-state index < -0.39 is 6.43 Å². The number of carbonyl (C=O) groups excluding carboxylic acids is 1. The summed E-state index contributed by atoms with van der Waals surface area (Å²) in [4.78, 5) is 18.1. The average Bonchev–Trinajstić information content (AvgIpc) is 2.63. The zero-order valence-corrected chi connectivity index (χ0v) is 18.2. The second-order valence-electron chi connectivity index (χ2n) is 6.40. The van der Waals surface area contributed by atoms with E-state index in [4.69, 9.17) is 0 Å². The topological polar surface area (TPSA) is 89.0 Å². The van der Waals surface area contributed by atoms with Crippen LogP contribution in [0, 0.1) is 0 Å². The predicted octanol–water partition coefficient (Wildman–Crippen LogP) is 2.23. The highest BCUT2D eigenvalue weighted by Gasteiger charge is 2.22. The van der Waals surface area contributed by atoms with Crippen molar-refractivity contribution in [2.75, 3.05) is 38.0 Å².